The van der Waals surface area contributed by atoms with Gasteiger partial charge in [0, 0.05) is 5.54 Å². The number of methoxy groups -OCH3 is 6. The molecule has 0 bridgehead atoms. The minimum absolute atomic E-state index is 0.00330. The Labute approximate surface area is 258 Å². The maximum Gasteiger partial charge on any atom is 0.173 e. The van der Waals surface area contributed by atoms with E-state index in [-0.39, 0.29) is 5.54 Å². The van der Waals surface area contributed by atoms with Crippen molar-refractivity contribution >= 4 is 23.6 Å². The van der Waals surface area contributed by atoms with Crippen LogP contribution in [-0.4, -0.2) is 50.7 Å². The van der Waals surface area contributed by atoms with Crippen molar-refractivity contribution in [2.24, 2.45) is 0 Å². The summed E-state index contributed by atoms with van der Waals surface area (Å²) in [5, 5.41) is 3.16. The van der Waals surface area contributed by atoms with Gasteiger partial charge in [-0.2, -0.15) is 0 Å². The normalized spacial score (nSPS) is 13.9. The molecule has 0 amide bonds. The quantitative estimate of drug-likeness (QED) is 0.204. The van der Waals surface area contributed by atoms with Gasteiger partial charge in [-0.05, 0) is 91.9 Å². The van der Waals surface area contributed by atoms with Gasteiger partial charge in [0.1, 0.15) is 0 Å². The Kier molecular flexibility index (Phi) is 9.26. The first-order valence-corrected chi connectivity index (χ1v) is 16.6. The summed E-state index contributed by atoms with van der Waals surface area (Å²) in [7, 11) is 6.91. The predicted octanol–water partition coefficient (Wildman–Crippen LogP) is 6.19. The summed E-state index contributed by atoms with van der Waals surface area (Å²) < 4.78 is 37.1. The van der Waals surface area contributed by atoms with Gasteiger partial charge in [-0.15, -0.1) is 0 Å². The lowest BCUT2D eigenvalue weighted by molar-refractivity contribution is 0.353. The summed E-state index contributed by atoms with van der Waals surface area (Å²) in [4.78, 5) is 0. The highest BCUT2D eigenvalue weighted by molar-refractivity contribution is 7.14. The highest BCUT2D eigenvalue weighted by atomic mass is 28.3. The molecule has 0 saturated carbocycles. The third-order valence-electron chi connectivity index (χ3n) is 9.47. The van der Waals surface area contributed by atoms with Gasteiger partial charge in [-0.3, -0.25) is 0 Å². The van der Waals surface area contributed by atoms with Crippen molar-refractivity contribution < 1.29 is 28.4 Å². The number of rotatable bonds is 10. The summed E-state index contributed by atoms with van der Waals surface area (Å²) in [5.74, 6) is 4.26. The molecule has 0 heterocycles. The third kappa shape index (κ3) is 4.69. The second kappa shape index (κ2) is 12.4. The maximum absolute atomic E-state index is 6.32. The van der Waals surface area contributed by atoms with Crippen molar-refractivity contribution in [3.63, 3.8) is 0 Å². The number of benzene rings is 3. The largest absolute Gasteiger partial charge is 0.493 e. The van der Waals surface area contributed by atoms with E-state index in [4.69, 9.17) is 28.4 Å². The Morgan fingerprint density at radius 2 is 0.651 bits per heavy atom. The standard InChI is InChI=1S/C36H46O6Si/c1-20-14-17-27(33(40-11)30(20)37-8)43(36-25(6)23(4)24(5)26(36)7,28-18-15-21(2)31(38-9)34(28)41-12)29-19-16-22(3)32(39-10)35(29)42-13/h14-19,36H,1-13H3. The van der Waals surface area contributed by atoms with E-state index in [1.54, 1.807) is 42.7 Å². The van der Waals surface area contributed by atoms with Crippen molar-refractivity contribution in [2.45, 2.75) is 54.0 Å². The van der Waals surface area contributed by atoms with Crippen LogP contribution in [-0.2, 0) is 0 Å². The molecule has 6 nitrogen and oxygen atoms in total. The van der Waals surface area contributed by atoms with Gasteiger partial charge in [0.05, 0.1) is 42.7 Å². The zero-order chi connectivity index (χ0) is 31.8. The fraction of sp³-hybridized carbons (Fsp3) is 0.389. The van der Waals surface area contributed by atoms with Gasteiger partial charge in [-0.1, -0.05) is 47.5 Å². The predicted molar refractivity (Wildman–Crippen MR) is 178 cm³/mol. The van der Waals surface area contributed by atoms with Crippen molar-refractivity contribution in [1.29, 1.82) is 0 Å². The van der Waals surface area contributed by atoms with Crippen molar-refractivity contribution in [2.75, 3.05) is 42.7 Å². The lowest BCUT2D eigenvalue weighted by Gasteiger charge is -2.43. The molecule has 4 rings (SSSR count). The zero-order valence-corrected chi connectivity index (χ0v) is 29.0. The second-order valence-electron chi connectivity index (χ2n) is 11.3. The van der Waals surface area contributed by atoms with Crippen LogP contribution in [0.2, 0.25) is 5.54 Å². The van der Waals surface area contributed by atoms with Crippen molar-refractivity contribution in [3.05, 3.63) is 75.4 Å². The molecule has 0 saturated heterocycles. The summed E-state index contributed by atoms with van der Waals surface area (Å²) in [5.41, 5.74) is 8.19. The molecular formula is C36H46O6Si. The molecule has 0 radical (unpaired) electrons. The molecular weight excluding hydrogens is 556 g/mol. The lowest BCUT2D eigenvalue weighted by Crippen LogP contribution is -2.70. The highest BCUT2D eigenvalue weighted by Crippen LogP contribution is 2.50. The maximum atomic E-state index is 6.32. The van der Waals surface area contributed by atoms with E-state index >= 15 is 0 Å². The van der Waals surface area contributed by atoms with Gasteiger partial charge in [0.2, 0.25) is 0 Å². The van der Waals surface area contributed by atoms with Gasteiger partial charge >= 0.3 is 0 Å². The van der Waals surface area contributed by atoms with Crippen LogP contribution in [0.4, 0.5) is 0 Å². The number of hydrogen-bond donors (Lipinski definition) is 0. The molecule has 0 unspecified atom stereocenters. The second-order valence-corrected chi connectivity index (χ2v) is 15.2. The van der Waals surface area contributed by atoms with Gasteiger partial charge < -0.3 is 28.4 Å². The van der Waals surface area contributed by atoms with Crippen LogP contribution in [0.1, 0.15) is 44.4 Å². The topological polar surface area (TPSA) is 55.4 Å². The summed E-state index contributed by atoms with van der Waals surface area (Å²) in [6.07, 6.45) is 0. The van der Waals surface area contributed by atoms with E-state index < -0.39 is 8.07 Å². The molecule has 7 heteroatoms. The summed E-state index contributed by atoms with van der Waals surface area (Å²) in [6.45, 7) is 15.1. The molecule has 3 aromatic rings. The molecule has 1 aliphatic rings. The Balaban J connectivity index is 2.46. The first-order valence-electron chi connectivity index (χ1n) is 14.5. The van der Waals surface area contributed by atoms with E-state index in [1.165, 1.54) is 22.3 Å². The van der Waals surface area contributed by atoms with Crippen molar-refractivity contribution in [3.8, 4) is 34.5 Å². The zero-order valence-electron chi connectivity index (χ0n) is 28.0. The lowest BCUT2D eigenvalue weighted by atomic mass is 10.1. The van der Waals surface area contributed by atoms with Crippen molar-refractivity contribution in [1.82, 2.24) is 0 Å². The van der Waals surface area contributed by atoms with Crippen LogP contribution >= 0.6 is 0 Å². The average molecular weight is 603 g/mol. The number of allylic oxidation sites excluding steroid dienone is 4. The van der Waals surface area contributed by atoms with Gasteiger partial charge in [-0.25, -0.2) is 0 Å². The molecule has 0 aromatic heterocycles. The Morgan fingerprint density at radius 3 is 0.884 bits per heavy atom. The average Bonchev–Trinajstić information content (AvgIpc) is 3.20. The van der Waals surface area contributed by atoms with E-state index in [0.29, 0.717) is 34.5 Å². The number of hydrogen-bond acceptors (Lipinski definition) is 6. The van der Waals surface area contributed by atoms with Crippen LogP contribution in [0, 0.1) is 20.8 Å². The molecule has 1 aliphatic carbocycles. The molecule has 0 N–H and O–H groups in total. The van der Waals surface area contributed by atoms with Crippen LogP contribution < -0.4 is 44.0 Å². The molecule has 0 aliphatic heterocycles. The van der Waals surface area contributed by atoms with Gasteiger partial charge in [0.25, 0.3) is 0 Å². The fourth-order valence-corrected chi connectivity index (χ4v) is 13.5. The van der Waals surface area contributed by atoms with Gasteiger partial charge in [0.15, 0.2) is 42.6 Å². The fourth-order valence-electron chi connectivity index (χ4n) is 7.18. The van der Waals surface area contributed by atoms with Crippen LogP contribution in [0.25, 0.3) is 0 Å². The molecule has 43 heavy (non-hydrogen) atoms. The first-order chi connectivity index (χ1) is 20.5. The summed E-state index contributed by atoms with van der Waals surface area (Å²) >= 11 is 0. The van der Waals surface area contributed by atoms with E-state index in [2.05, 4.69) is 64.1 Å². The Bertz CT molecular complexity index is 1440. The minimum atomic E-state index is -3.34. The molecule has 3 aromatic carbocycles. The Hall–Kier alpha value is -3.84. The Morgan fingerprint density at radius 1 is 0.395 bits per heavy atom. The van der Waals surface area contributed by atoms with Crippen LogP contribution in [0.15, 0.2) is 58.7 Å². The van der Waals surface area contributed by atoms with E-state index in [1.807, 2.05) is 20.8 Å². The smallest absolute Gasteiger partial charge is 0.173 e. The van der Waals surface area contributed by atoms with Crippen LogP contribution in [0.5, 0.6) is 34.5 Å². The molecule has 230 valence electrons. The van der Waals surface area contributed by atoms with Crippen LogP contribution in [0.3, 0.4) is 0 Å². The number of aryl methyl sites for hydroxylation is 3. The molecule has 0 fully saturated rings. The molecule has 0 spiro atoms. The van der Waals surface area contributed by atoms with E-state index in [0.717, 1.165) is 32.3 Å². The highest BCUT2D eigenvalue weighted by Gasteiger charge is 2.55. The summed E-state index contributed by atoms with van der Waals surface area (Å²) in [6, 6.07) is 13.0. The third-order valence-corrected chi connectivity index (χ3v) is 14.9. The number of ether oxygens (including phenoxy) is 6. The monoisotopic (exact) mass is 602 g/mol. The van der Waals surface area contributed by atoms with E-state index in [9.17, 15) is 0 Å². The first kappa shape index (κ1) is 32.1. The SMILES string of the molecule is COc1c(C)ccc([Si](c2ccc(C)c(OC)c2OC)(c2ccc(C)c(OC)c2OC)C2C(C)=C(C)C(C)=C2C)c1OC. The minimum Gasteiger partial charge on any atom is -0.493 e. The molecule has 0 atom stereocenters.